The lowest BCUT2D eigenvalue weighted by Gasteiger charge is -2.54. The second kappa shape index (κ2) is 13.2. The standard InChI is InChI=1S/C35H39F4N13O3/c1-17-11-33(45-26-19-5-8-42-31(19)49-48-27(26)29(40)53)12-18(2)14-34(13-17,16-33)55-52-32-20(6-9-43-32)25(28(50-52)30(41)54)44-22-7-10-51(15-21(22)36)24-4-3-23(46-47-24)35(37,38)39/h3-6,8-9,17-18,21-22H,7,10-16H2,1-2H3,(H7,40,41,42,43,44,45,46,47,48,49,50,53,54)/p+1. The molecule has 4 unspecified atom stereocenters. The molecule has 8 N–H and O–H groups in total. The lowest BCUT2D eigenvalue weighted by atomic mass is 9.58. The Hall–Kier alpha value is -5.82. The second-order valence-electron chi connectivity index (χ2n) is 15.4. The van der Waals surface area contributed by atoms with Gasteiger partial charge in [0.15, 0.2) is 34.1 Å². The van der Waals surface area contributed by atoms with E-state index in [1.165, 1.54) is 15.8 Å². The summed E-state index contributed by atoms with van der Waals surface area (Å²) in [4.78, 5) is 41.5. The third kappa shape index (κ3) is 6.66. The maximum atomic E-state index is 15.8. The van der Waals surface area contributed by atoms with E-state index in [2.05, 4.69) is 59.9 Å². The van der Waals surface area contributed by atoms with Crippen molar-refractivity contribution in [2.75, 3.05) is 28.6 Å². The van der Waals surface area contributed by atoms with Crippen molar-refractivity contribution in [2.24, 2.45) is 23.3 Å². The molecule has 8 rings (SSSR count). The van der Waals surface area contributed by atoms with E-state index in [9.17, 15) is 22.8 Å². The van der Waals surface area contributed by atoms with Gasteiger partial charge in [0, 0.05) is 30.1 Å². The van der Waals surface area contributed by atoms with Crippen LogP contribution < -0.4 is 36.7 Å². The molecule has 2 bridgehead atoms. The summed E-state index contributed by atoms with van der Waals surface area (Å²) < 4.78 is 54.8. The Kier molecular flexibility index (Phi) is 8.67. The Labute approximate surface area is 310 Å². The predicted molar refractivity (Wildman–Crippen MR) is 190 cm³/mol. The smallest absolute Gasteiger partial charge is 0.377 e. The molecule has 290 valence electrons. The number of nitrogens with one attached hydrogen (secondary N) is 4. The van der Waals surface area contributed by atoms with Crippen LogP contribution in [0.3, 0.4) is 0 Å². The monoisotopic (exact) mass is 766 g/mol. The van der Waals surface area contributed by atoms with Gasteiger partial charge in [0.05, 0.1) is 40.4 Å². The van der Waals surface area contributed by atoms with Crippen LogP contribution in [0.4, 0.5) is 34.8 Å². The number of aromatic amines is 2. The van der Waals surface area contributed by atoms with Crippen molar-refractivity contribution >= 4 is 51.1 Å². The summed E-state index contributed by atoms with van der Waals surface area (Å²) >= 11 is 0. The van der Waals surface area contributed by atoms with Crippen molar-refractivity contribution < 1.29 is 36.8 Å². The number of primary amides is 2. The van der Waals surface area contributed by atoms with Gasteiger partial charge in [-0.05, 0) is 73.3 Å². The number of H-pyrrole nitrogens is 2. The van der Waals surface area contributed by atoms with E-state index < -0.39 is 47.0 Å². The molecule has 0 spiro atoms. The molecule has 5 aromatic rings. The summed E-state index contributed by atoms with van der Waals surface area (Å²) in [5, 5.41) is 27.8. The fourth-order valence-electron chi connectivity index (χ4n) is 9.27. The van der Waals surface area contributed by atoms with E-state index in [0.29, 0.717) is 47.0 Å². The lowest BCUT2D eigenvalue weighted by Crippen LogP contribution is -2.67. The molecule has 0 radical (unpaired) electrons. The van der Waals surface area contributed by atoms with E-state index in [-0.39, 0.29) is 54.2 Å². The van der Waals surface area contributed by atoms with E-state index in [1.807, 2.05) is 6.07 Å². The van der Waals surface area contributed by atoms with Crippen LogP contribution in [-0.4, -0.2) is 83.7 Å². The molecule has 4 atom stereocenters. The highest BCUT2D eigenvalue weighted by Crippen LogP contribution is 2.52. The van der Waals surface area contributed by atoms with Gasteiger partial charge in [-0.15, -0.1) is 20.4 Å². The largest absolute Gasteiger partial charge is 0.435 e. The SMILES string of the molecule is CC1CC2(Nc3c(C(N)=O)nnc4[nH]ccc34)CC(C)CC(O[n+]3nc(C(N)=O)c(NC4CCN(c5ccc(C(F)(F)F)nn5)CC4F)c4cc[nH]c43)(C1)C2. The summed E-state index contributed by atoms with van der Waals surface area (Å²) in [7, 11) is 0. The number of rotatable bonds is 9. The van der Waals surface area contributed by atoms with Gasteiger partial charge in [-0.1, -0.05) is 13.8 Å². The zero-order valence-electron chi connectivity index (χ0n) is 30.0. The number of anilines is 3. The minimum atomic E-state index is -4.64. The molecule has 3 aliphatic rings. The Morgan fingerprint density at radius 2 is 1.64 bits per heavy atom. The molecule has 0 aromatic carbocycles. The molecular weight excluding hydrogens is 726 g/mol. The van der Waals surface area contributed by atoms with Crippen LogP contribution in [0.1, 0.15) is 79.0 Å². The van der Waals surface area contributed by atoms with E-state index in [1.54, 1.807) is 18.5 Å². The van der Waals surface area contributed by atoms with Crippen molar-refractivity contribution in [1.29, 1.82) is 0 Å². The van der Waals surface area contributed by atoms with E-state index in [0.717, 1.165) is 18.9 Å². The van der Waals surface area contributed by atoms with Crippen molar-refractivity contribution in [3.05, 3.63) is 53.7 Å². The number of alkyl halides is 4. The first-order chi connectivity index (χ1) is 26.1. The average molecular weight is 767 g/mol. The molecule has 2 aliphatic carbocycles. The van der Waals surface area contributed by atoms with Gasteiger partial charge in [-0.25, -0.2) is 9.37 Å². The van der Waals surface area contributed by atoms with Crippen molar-refractivity contribution in [1.82, 2.24) is 35.5 Å². The Morgan fingerprint density at radius 3 is 2.29 bits per heavy atom. The van der Waals surface area contributed by atoms with Crippen LogP contribution in [0, 0.1) is 11.8 Å². The van der Waals surface area contributed by atoms with Crippen LogP contribution in [0.5, 0.6) is 0 Å². The fourth-order valence-corrected chi connectivity index (χ4v) is 9.27. The molecule has 3 fully saturated rings. The molecule has 16 nitrogen and oxygen atoms in total. The number of piperidine rings is 1. The first kappa shape index (κ1) is 36.2. The van der Waals surface area contributed by atoms with Gasteiger partial charge in [0.1, 0.15) is 6.17 Å². The molecule has 55 heavy (non-hydrogen) atoms. The number of hydrogen-bond acceptors (Lipinski definition) is 11. The van der Waals surface area contributed by atoms with Crippen LogP contribution in [-0.2, 0) is 6.18 Å². The van der Waals surface area contributed by atoms with Crippen molar-refractivity contribution in [3.63, 3.8) is 0 Å². The van der Waals surface area contributed by atoms with Crippen LogP contribution in [0.15, 0.2) is 36.7 Å². The Bertz CT molecular complexity index is 2260. The van der Waals surface area contributed by atoms with Gasteiger partial charge < -0.3 is 36.8 Å². The quantitative estimate of drug-likeness (QED) is 0.0942. The maximum Gasteiger partial charge on any atom is 0.435 e. The number of hydrogen-bond donors (Lipinski definition) is 6. The van der Waals surface area contributed by atoms with Crippen LogP contribution in [0.25, 0.3) is 22.1 Å². The molecule has 20 heteroatoms. The minimum absolute atomic E-state index is 0.0391. The molecule has 6 heterocycles. The molecular formula is C35H40F4N13O3+. The summed E-state index contributed by atoms with van der Waals surface area (Å²) in [5.41, 5.74) is 10.8. The number of nitrogens with zero attached hydrogens (tertiary/aromatic N) is 7. The van der Waals surface area contributed by atoms with Gasteiger partial charge in [0.25, 0.3) is 11.8 Å². The third-order valence-corrected chi connectivity index (χ3v) is 10.9. The average Bonchev–Trinajstić information content (AvgIpc) is 3.80. The van der Waals surface area contributed by atoms with E-state index in [4.69, 9.17) is 16.3 Å². The summed E-state index contributed by atoms with van der Waals surface area (Å²) in [6.45, 7) is 4.36. The topological polar surface area (TPSA) is 223 Å². The summed E-state index contributed by atoms with van der Waals surface area (Å²) in [6, 6.07) is 4.72. The highest BCUT2D eigenvalue weighted by Gasteiger charge is 2.56. The Morgan fingerprint density at radius 1 is 0.927 bits per heavy atom. The molecule has 2 saturated carbocycles. The number of carbonyl (C=O) groups is 2. The third-order valence-electron chi connectivity index (χ3n) is 10.9. The number of fused-ring (bicyclic) bond motifs is 4. The number of nitrogens with two attached hydrogens (primary N) is 2. The lowest BCUT2D eigenvalue weighted by molar-refractivity contribution is -0.933. The highest BCUT2D eigenvalue weighted by molar-refractivity contribution is 6.05. The number of carbonyl (C=O) groups excluding carboxylic acids is 2. The van der Waals surface area contributed by atoms with Crippen molar-refractivity contribution in [3.8, 4) is 0 Å². The first-order valence-electron chi connectivity index (χ1n) is 18.0. The Balaban J connectivity index is 1.08. The van der Waals surface area contributed by atoms with Crippen molar-refractivity contribution in [2.45, 2.75) is 81.9 Å². The normalized spacial score (nSPS) is 26.9. The van der Waals surface area contributed by atoms with Gasteiger partial charge >= 0.3 is 11.8 Å². The molecule has 5 aromatic heterocycles. The number of amides is 2. The zero-order chi connectivity index (χ0) is 38.9. The first-order valence-corrected chi connectivity index (χ1v) is 18.0. The minimum Gasteiger partial charge on any atom is -0.377 e. The van der Waals surface area contributed by atoms with Gasteiger partial charge in [-0.3, -0.25) is 9.59 Å². The fraction of sp³-hybridized carbons (Fsp3) is 0.486. The van der Waals surface area contributed by atoms with Gasteiger partial charge in [0.2, 0.25) is 0 Å². The number of halogens is 4. The van der Waals surface area contributed by atoms with E-state index >= 15 is 4.39 Å². The van der Waals surface area contributed by atoms with Crippen LogP contribution >= 0.6 is 0 Å². The molecule has 1 aliphatic heterocycles. The maximum absolute atomic E-state index is 15.8. The van der Waals surface area contributed by atoms with Crippen LogP contribution in [0.2, 0.25) is 0 Å². The molecule has 2 amide bonds. The summed E-state index contributed by atoms with van der Waals surface area (Å²) in [5.74, 6) is -1.11. The van der Waals surface area contributed by atoms with Gasteiger partial charge in [-0.2, -0.15) is 13.2 Å². The summed E-state index contributed by atoms with van der Waals surface area (Å²) in [6.07, 6.45) is 0.852. The second-order valence-corrected chi connectivity index (χ2v) is 15.4. The highest BCUT2D eigenvalue weighted by atomic mass is 19.4. The zero-order valence-corrected chi connectivity index (χ0v) is 30.0. The number of aromatic nitrogens is 8. The predicted octanol–water partition coefficient (Wildman–Crippen LogP) is 3.43. The molecule has 1 saturated heterocycles.